The Hall–Kier alpha value is -2.10. The number of aromatic nitrogens is 2. The third kappa shape index (κ3) is 7.14. The van der Waals surface area contributed by atoms with Gasteiger partial charge in [0.05, 0.1) is 12.2 Å². The van der Waals surface area contributed by atoms with E-state index in [9.17, 15) is 4.79 Å². The first-order valence-corrected chi connectivity index (χ1v) is 9.15. The van der Waals surface area contributed by atoms with Crippen LogP contribution in [-0.2, 0) is 24.9 Å². The summed E-state index contributed by atoms with van der Waals surface area (Å²) in [5.41, 5.74) is 3.32. The number of aliphatic imine (C=N–C) groups is 1. The van der Waals surface area contributed by atoms with Crippen LogP contribution >= 0.6 is 24.0 Å². The minimum Gasteiger partial charge on any atom is -0.350 e. The second-order valence-electron chi connectivity index (χ2n) is 6.89. The molecular formula is C20H31IN6O. The highest BCUT2D eigenvalue weighted by Gasteiger charge is 2.15. The summed E-state index contributed by atoms with van der Waals surface area (Å²) >= 11 is 0. The summed E-state index contributed by atoms with van der Waals surface area (Å²) in [7, 11) is 5.60. The molecule has 0 saturated heterocycles. The molecule has 2 aromatic rings. The lowest BCUT2D eigenvalue weighted by atomic mass is 10.1. The van der Waals surface area contributed by atoms with Gasteiger partial charge in [-0.15, -0.1) is 24.0 Å². The van der Waals surface area contributed by atoms with Crippen LogP contribution in [0.1, 0.15) is 36.6 Å². The molecule has 1 heterocycles. The van der Waals surface area contributed by atoms with E-state index in [2.05, 4.69) is 34.6 Å². The summed E-state index contributed by atoms with van der Waals surface area (Å²) < 4.78 is 1.84. The lowest BCUT2D eigenvalue weighted by Crippen LogP contribution is -2.43. The number of aryl methyl sites for hydroxylation is 1. The molecule has 0 aliphatic heterocycles. The monoisotopic (exact) mass is 498 g/mol. The molecule has 0 spiro atoms. The van der Waals surface area contributed by atoms with E-state index < -0.39 is 0 Å². The van der Waals surface area contributed by atoms with E-state index in [0.29, 0.717) is 25.0 Å². The number of nitrogens with zero attached hydrogens (tertiary/aromatic N) is 4. The SMILES string of the molecule is CN=C(NCC(=O)NCc1ccccc1)N(C)Cc1cn(C)nc1C(C)C.I. The highest BCUT2D eigenvalue weighted by molar-refractivity contribution is 14.0. The molecule has 2 N–H and O–H groups in total. The Morgan fingerprint density at radius 2 is 1.93 bits per heavy atom. The summed E-state index contributed by atoms with van der Waals surface area (Å²) in [6, 6.07) is 9.85. The third-order valence-corrected chi connectivity index (χ3v) is 4.20. The van der Waals surface area contributed by atoms with Gasteiger partial charge in [-0.3, -0.25) is 14.5 Å². The molecule has 0 atom stereocenters. The first-order chi connectivity index (χ1) is 12.9. The van der Waals surface area contributed by atoms with Crippen LogP contribution in [-0.4, -0.2) is 47.2 Å². The second-order valence-corrected chi connectivity index (χ2v) is 6.89. The minimum absolute atomic E-state index is 0. The molecule has 7 nitrogen and oxygen atoms in total. The van der Waals surface area contributed by atoms with Gasteiger partial charge < -0.3 is 15.5 Å². The van der Waals surface area contributed by atoms with E-state index >= 15 is 0 Å². The Kier molecular flexibility index (Phi) is 9.98. The first kappa shape index (κ1) is 23.9. The predicted octanol–water partition coefficient (Wildman–Crippen LogP) is 2.49. The zero-order chi connectivity index (χ0) is 19.8. The molecule has 0 aliphatic rings. The standard InChI is InChI=1S/C20H30N6O.HI/c1-15(2)19-17(14-26(5)24-19)13-25(4)20(21-3)23-12-18(27)22-11-16-9-7-6-8-10-16;/h6-10,14-15H,11-13H2,1-5H3,(H,21,23)(H,22,27);1H. The molecule has 0 bridgehead atoms. The Labute approximate surface area is 184 Å². The molecule has 2 rings (SSSR count). The Bertz CT molecular complexity index is 772. The van der Waals surface area contributed by atoms with Crippen LogP contribution in [0.4, 0.5) is 0 Å². The van der Waals surface area contributed by atoms with E-state index in [4.69, 9.17) is 0 Å². The largest absolute Gasteiger partial charge is 0.350 e. The van der Waals surface area contributed by atoms with Crippen molar-refractivity contribution in [3.63, 3.8) is 0 Å². The zero-order valence-corrected chi connectivity index (χ0v) is 19.6. The van der Waals surface area contributed by atoms with Gasteiger partial charge in [-0.1, -0.05) is 44.2 Å². The normalized spacial score (nSPS) is 11.1. The van der Waals surface area contributed by atoms with Gasteiger partial charge in [0.1, 0.15) is 0 Å². The summed E-state index contributed by atoms with van der Waals surface area (Å²) in [6.07, 6.45) is 2.03. The summed E-state index contributed by atoms with van der Waals surface area (Å²) in [4.78, 5) is 18.4. The molecule has 0 aliphatic carbocycles. The Morgan fingerprint density at radius 1 is 1.25 bits per heavy atom. The summed E-state index contributed by atoms with van der Waals surface area (Å²) in [5.74, 6) is 0.953. The Morgan fingerprint density at radius 3 is 2.54 bits per heavy atom. The van der Waals surface area contributed by atoms with E-state index in [1.807, 2.05) is 60.2 Å². The van der Waals surface area contributed by atoms with Crippen LogP contribution in [0.3, 0.4) is 0 Å². The Balaban J connectivity index is 0.00000392. The van der Waals surface area contributed by atoms with Crippen molar-refractivity contribution >= 4 is 35.8 Å². The van der Waals surface area contributed by atoms with Crippen molar-refractivity contribution in [3.05, 3.63) is 53.3 Å². The lowest BCUT2D eigenvalue weighted by Gasteiger charge is -2.22. The van der Waals surface area contributed by atoms with Gasteiger partial charge in [0.15, 0.2) is 5.96 Å². The maximum atomic E-state index is 12.1. The fourth-order valence-electron chi connectivity index (χ4n) is 2.90. The molecule has 28 heavy (non-hydrogen) atoms. The number of rotatable bonds is 7. The fourth-order valence-corrected chi connectivity index (χ4v) is 2.90. The second kappa shape index (κ2) is 11.7. The molecule has 0 radical (unpaired) electrons. The maximum absolute atomic E-state index is 12.1. The number of carbonyl (C=O) groups is 1. The molecule has 1 amide bonds. The van der Waals surface area contributed by atoms with Crippen LogP contribution < -0.4 is 10.6 Å². The van der Waals surface area contributed by atoms with Gasteiger partial charge in [-0.25, -0.2) is 0 Å². The molecule has 154 valence electrons. The van der Waals surface area contributed by atoms with Gasteiger partial charge in [-0.2, -0.15) is 5.10 Å². The van der Waals surface area contributed by atoms with Crippen molar-refractivity contribution in [2.24, 2.45) is 12.0 Å². The number of benzene rings is 1. The third-order valence-electron chi connectivity index (χ3n) is 4.20. The number of halogens is 1. The van der Waals surface area contributed by atoms with Gasteiger partial charge >= 0.3 is 0 Å². The molecule has 1 aromatic heterocycles. The van der Waals surface area contributed by atoms with E-state index in [1.165, 1.54) is 0 Å². The summed E-state index contributed by atoms with van der Waals surface area (Å²) in [5, 5.41) is 10.6. The molecule has 1 aromatic carbocycles. The smallest absolute Gasteiger partial charge is 0.239 e. The van der Waals surface area contributed by atoms with Crippen molar-refractivity contribution in [3.8, 4) is 0 Å². The van der Waals surface area contributed by atoms with Crippen LogP contribution in [0.25, 0.3) is 0 Å². The van der Waals surface area contributed by atoms with Crippen LogP contribution in [0.2, 0.25) is 0 Å². The molecular weight excluding hydrogens is 467 g/mol. The number of hydrogen-bond donors (Lipinski definition) is 2. The first-order valence-electron chi connectivity index (χ1n) is 9.15. The molecule has 0 unspecified atom stereocenters. The van der Waals surface area contributed by atoms with Crippen LogP contribution in [0.5, 0.6) is 0 Å². The number of amides is 1. The molecule has 0 saturated carbocycles. The zero-order valence-electron chi connectivity index (χ0n) is 17.3. The van der Waals surface area contributed by atoms with Crippen molar-refractivity contribution in [2.75, 3.05) is 20.6 Å². The van der Waals surface area contributed by atoms with Gasteiger partial charge in [0.2, 0.25) is 5.91 Å². The summed E-state index contributed by atoms with van der Waals surface area (Å²) in [6.45, 7) is 5.63. The highest BCUT2D eigenvalue weighted by Crippen LogP contribution is 2.18. The van der Waals surface area contributed by atoms with Crippen molar-refractivity contribution in [1.82, 2.24) is 25.3 Å². The number of hydrogen-bond acceptors (Lipinski definition) is 3. The number of carbonyl (C=O) groups excluding carboxylic acids is 1. The minimum atomic E-state index is -0.0716. The maximum Gasteiger partial charge on any atom is 0.239 e. The molecule has 8 heteroatoms. The van der Waals surface area contributed by atoms with Gasteiger partial charge in [-0.05, 0) is 11.5 Å². The quantitative estimate of drug-likeness (QED) is 0.350. The average molecular weight is 498 g/mol. The van der Waals surface area contributed by atoms with Crippen molar-refractivity contribution in [1.29, 1.82) is 0 Å². The average Bonchev–Trinajstić information content (AvgIpc) is 3.02. The van der Waals surface area contributed by atoms with Crippen molar-refractivity contribution < 1.29 is 4.79 Å². The topological polar surface area (TPSA) is 74.6 Å². The van der Waals surface area contributed by atoms with E-state index in [1.54, 1.807) is 7.05 Å². The number of nitrogens with one attached hydrogen (secondary N) is 2. The van der Waals surface area contributed by atoms with E-state index in [-0.39, 0.29) is 36.4 Å². The fraction of sp³-hybridized carbons (Fsp3) is 0.450. The van der Waals surface area contributed by atoms with E-state index in [0.717, 1.165) is 16.8 Å². The van der Waals surface area contributed by atoms with Crippen LogP contribution in [0, 0.1) is 0 Å². The lowest BCUT2D eigenvalue weighted by molar-refractivity contribution is -0.120. The predicted molar refractivity (Wildman–Crippen MR) is 124 cm³/mol. The van der Waals surface area contributed by atoms with Gasteiger partial charge in [0, 0.05) is 46.0 Å². The highest BCUT2D eigenvalue weighted by atomic mass is 127. The van der Waals surface area contributed by atoms with Crippen LogP contribution in [0.15, 0.2) is 41.5 Å². The van der Waals surface area contributed by atoms with Crippen molar-refractivity contribution in [2.45, 2.75) is 32.9 Å². The number of guanidine groups is 1. The molecule has 0 fully saturated rings. The van der Waals surface area contributed by atoms with Gasteiger partial charge in [0.25, 0.3) is 0 Å².